The van der Waals surface area contributed by atoms with Gasteiger partial charge in [-0.1, -0.05) is 39.0 Å². The molecule has 0 aliphatic carbocycles. The van der Waals surface area contributed by atoms with Crippen molar-refractivity contribution in [2.24, 2.45) is 0 Å². The molecule has 1 rings (SSSR count). The van der Waals surface area contributed by atoms with Crippen LogP contribution in [-0.2, 0) is 0 Å². The minimum atomic E-state index is -0.271. The van der Waals surface area contributed by atoms with E-state index in [2.05, 4.69) is 12.2 Å². The molecule has 0 unspecified atom stereocenters. The van der Waals surface area contributed by atoms with Gasteiger partial charge in [0.25, 0.3) is 5.91 Å². The summed E-state index contributed by atoms with van der Waals surface area (Å²) in [6, 6.07) is 4.46. The Balaban J connectivity index is 2.22. The Labute approximate surface area is 115 Å². The zero-order valence-corrected chi connectivity index (χ0v) is 12.0. The van der Waals surface area contributed by atoms with Crippen LogP contribution >= 0.6 is 0 Å². The summed E-state index contributed by atoms with van der Waals surface area (Å²) >= 11 is 0. The zero-order chi connectivity index (χ0) is 14.1. The van der Waals surface area contributed by atoms with Crippen molar-refractivity contribution in [2.45, 2.75) is 52.4 Å². The van der Waals surface area contributed by atoms with Crippen LogP contribution in [0.15, 0.2) is 18.2 Å². The topological polar surface area (TPSA) is 29.1 Å². The van der Waals surface area contributed by atoms with Crippen molar-refractivity contribution in [3.05, 3.63) is 35.1 Å². The van der Waals surface area contributed by atoms with Crippen molar-refractivity contribution < 1.29 is 9.18 Å². The lowest BCUT2D eigenvalue weighted by molar-refractivity contribution is 0.0953. The van der Waals surface area contributed by atoms with Crippen molar-refractivity contribution >= 4 is 5.91 Å². The van der Waals surface area contributed by atoms with E-state index in [0.29, 0.717) is 17.7 Å². The minimum Gasteiger partial charge on any atom is -0.352 e. The lowest BCUT2D eigenvalue weighted by atomic mass is 10.1. The molecule has 2 nitrogen and oxygen atoms in total. The number of benzene rings is 1. The van der Waals surface area contributed by atoms with Gasteiger partial charge in [-0.05, 0) is 37.1 Å². The molecule has 1 aromatic rings. The molecular weight excluding hydrogens is 241 g/mol. The van der Waals surface area contributed by atoms with Gasteiger partial charge in [0.05, 0.1) is 0 Å². The van der Waals surface area contributed by atoms with E-state index in [9.17, 15) is 9.18 Å². The highest BCUT2D eigenvalue weighted by molar-refractivity contribution is 5.94. The molecule has 0 radical (unpaired) electrons. The number of rotatable bonds is 8. The van der Waals surface area contributed by atoms with Crippen LogP contribution < -0.4 is 5.32 Å². The summed E-state index contributed by atoms with van der Waals surface area (Å²) in [4.78, 5) is 11.8. The van der Waals surface area contributed by atoms with Crippen molar-refractivity contribution in [3.8, 4) is 0 Å². The molecule has 1 amide bonds. The molecule has 19 heavy (non-hydrogen) atoms. The third kappa shape index (κ3) is 5.86. The fourth-order valence-corrected chi connectivity index (χ4v) is 2.00. The van der Waals surface area contributed by atoms with Crippen LogP contribution in [-0.4, -0.2) is 12.5 Å². The van der Waals surface area contributed by atoms with E-state index >= 15 is 0 Å². The van der Waals surface area contributed by atoms with E-state index in [1.54, 1.807) is 13.0 Å². The van der Waals surface area contributed by atoms with Gasteiger partial charge < -0.3 is 5.32 Å². The third-order valence-electron chi connectivity index (χ3n) is 3.24. The number of nitrogens with one attached hydrogen (secondary N) is 1. The van der Waals surface area contributed by atoms with Gasteiger partial charge in [-0.15, -0.1) is 0 Å². The van der Waals surface area contributed by atoms with Crippen LogP contribution in [0.4, 0.5) is 4.39 Å². The molecule has 0 saturated carbocycles. The molecule has 0 bridgehead atoms. The van der Waals surface area contributed by atoms with Crippen LogP contribution in [0.5, 0.6) is 0 Å². The molecule has 3 heteroatoms. The first-order valence-corrected chi connectivity index (χ1v) is 7.19. The summed E-state index contributed by atoms with van der Waals surface area (Å²) in [5.41, 5.74) is 1.04. The fourth-order valence-electron chi connectivity index (χ4n) is 2.00. The standard InChI is InChI=1S/C16H24FNO/c1-3-4-5-6-7-8-11-18-16(19)14-9-10-15(17)13(2)12-14/h9-10,12H,3-8,11H2,1-2H3,(H,18,19). The van der Waals surface area contributed by atoms with Crippen LogP contribution in [0.1, 0.15) is 61.4 Å². The first-order valence-electron chi connectivity index (χ1n) is 7.19. The molecule has 0 aliphatic rings. The maximum Gasteiger partial charge on any atom is 0.251 e. The van der Waals surface area contributed by atoms with Crippen molar-refractivity contribution in [1.29, 1.82) is 0 Å². The highest BCUT2D eigenvalue weighted by Crippen LogP contribution is 2.09. The highest BCUT2D eigenvalue weighted by atomic mass is 19.1. The van der Waals surface area contributed by atoms with E-state index in [1.165, 1.54) is 37.8 Å². The Kier molecular flexibility index (Phi) is 7.16. The van der Waals surface area contributed by atoms with Crippen LogP contribution in [0.3, 0.4) is 0 Å². The van der Waals surface area contributed by atoms with Gasteiger partial charge in [-0.3, -0.25) is 4.79 Å². The number of carbonyl (C=O) groups excluding carboxylic acids is 1. The predicted octanol–water partition coefficient (Wildman–Crippen LogP) is 4.22. The molecule has 0 saturated heterocycles. The molecular formula is C16H24FNO. The summed E-state index contributed by atoms with van der Waals surface area (Å²) < 4.78 is 13.1. The first kappa shape index (κ1) is 15.7. The SMILES string of the molecule is CCCCCCCCNC(=O)c1ccc(F)c(C)c1. The second kappa shape index (κ2) is 8.68. The Bertz CT molecular complexity index is 404. The molecule has 0 atom stereocenters. The van der Waals surface area contributed by atoms with Gasteiger partial charge in [0, 0.05) is 12.1 Å². The van der Waals surface area contributed by atoms with Crippen LogP contribution in [0.2, 0.25) is 0 Å². The lowest BCUT2D eigenvalue weighted by Crippen LogP contribution is -2.24. The largest absolute Gasteiger partial charge is 0.352 e. The van der Waals surface area contributed by atoms with E-state index in [0.717, 1.165) is 12.8 Å². The predicted molar refractivity (Wildman–Crippen MR) is 76.8 cm³/mol. The van der Waals surface area contributed by atoms with Crippen molar-refractivity contribution in [3.63, 3.8) is 0 Å². The third-order valence-corrected chi connectivity index (χ3v) is 3.24. The van der Waals surface area contributed by atoms with Gasteiger partial charge in [0.1, 0.15) is 5.82 Å². The lowest BCUT2D eigenvalue weighted by Gasteiger charge is -2.06. The number of halogens is 1. The number of hydrogen-bond acceptors (Lipinski definition) is 1. The smallest absolute Gasteiger partial charge is 0.251 e. The second-order valence-electron chi connectivity index (χ2n) is 4.99. The summed E-state index contributed by atoms with van der Waals surface area (Å²) in [6.45, 7) is 4.56. The normalized spacial score (nSPS) is 10.5. The summed E-state index contributed by atoms with van der Waals surface area (Å²) in [5, 5.41) is 2.88. The number of aryl methyl sites for hydroxylation is 1. The summed E-state index contributed by atoms with van der Waals surface area (Å²) in [7, 11) is 0. The van der Waals surface area contributed by atoms with Crippen molar-refractivity contribution in [1.82, 2.24) is 5.32 Å². The number of unbranched alkanes of at least 4 members (excludes halogenated alkanes) is 5. The molecule has 0 spiro atoms. The quantitative estimate of drug-likeness (QED) is 0.700. The molecule has 0 aromatic heterocycles. The van der Waals surface area contributed by atoms with Crippen molar-refractivity contribution in [2.75, 3.05) is 6.54 Å². The van der Waals surface area contributed by atoms with Crippen LogP contribution in [0, 0.1) is 12.7 Å². The first-order chi connectivity index (χ1) is 9.15. The molecule has 106 valence electrons. The van der Waals surface area contributed by atoms with Gasteiger partial charge >= 0.3 is 0 Å². The molecule has 0 aliphatic heterocycles. The number of hydrogen-bond donors (Lipinski definition) is 1. The van der Waals surface area contributed by atoms with Gasteiger partial charge in [-0.2, -0.15) is 0 Å². The Morgan fingerprint density at radius 3 is 2.53 bits per heavy atom. The average molecular weight is 265 g/mol. The highest BCUT2D eigenvalue weighted by Gasteiger charge is 2.06. The van der Waals surface area contributed by atoms with Gasteiger partial charge in [0.15, 0.2) is 0 Å². The maximum atomic E-state index is 13.1. The maximum absolute atomic E-state index is 13.1. The van der Waals surface area contributed by atoms with E-state index < -0.39 is 0 Å². The minimum absolute atomic E-state index is 0.114. The average Bonchev–Trinajstić information content (AvgIpc) is 2.40. The molecule has 0 fully saturated rings. The van der Waals surface area contributed by atoms with Gasteiger partial charge in [-0.25, -0.2) is 4.39 Å². The van der Waals surface area contributed by atoms with Crippen LogP contribution in [0.25, 0.3) is 0 Å². The summed E-state index contributed by atoms with van der Waals surface area (Å²) in [6.07, 6.45) is 7.22. The van der Waals surface area contributed by atoms with E-state index in [-0.39, 0.29) is 11.7 Å². The van der Waals surface area contributed by atoms with Gasteiger partial charge in [0.2, 0.25) is 0 Å². The van der Waals surface area contributed by atoms with E-state index in [4.69, 9.17) is 0 Å². The fraction of sp³-hybridized carbons (Fsp3) is 0.562. The second-order valence-corrected chi connectivity index (χ2v) is 4.99. The Morgan fingerprint density at radius 1 is 1.16 bits per heavy atom. The Morgan fingerprint density at radius 2 is 1.84 bits per heavy atom. The molecule has 1 aromatic carbocycles. The molecule has 1 N–H and O–H groups in total. The monoisotopic (exact) mass is 265 g/mol. The number of carbonyl (C=O) groups is 1. The zero-order valence-electron chi connectivity index (χ0n) is 12.0. The Hall–Kier alpha value is -1.38. The summed E-state index contributed by atoms with van der Waals surface area (Å²) in [5.74, 6) is -0.385. The van der Waals surface area contributed by atoms with E-state index in [1.807, 2.05) is 0 Å². The molecule has 0 heterocycles. The number of amides is 1.